The topological polar surface area (TPSA) is 54.5 Å². The molecule has 6 aliphatic carbocycles. The van der Waals surface area contributed by atoms with Crippen molar-refractivity contribution in [3.05, 3.63) is 12.2 Å². The molecular weight excluding hydrogens is 314 g/mol. The van der Waals surface area contributed by atoms with Crippen molar-refractivity contribution in [2.24, 2.45) is 39.9 Å². The van der Waals surface area contributed by atoms with Crippen molar-refractivity contribution in [2.75, 3.05) is 13.6 Å². The van der Waals surface area contributed by atoms with Crippen LogP contribution in [0.2, 0.25) is 0 Å². The zero-order chi connectivity index (χ0) is 17.5. The third-order valence-electron chi connectivity index (χ3n) is 9.25. The first-order valence-electron chi connectivity index (χ1n) is 9.71. The summed E-state index contributed by atoms with van der Waals surface area (Å²) in [5, 5.41) is 0. The van der Waals surface area contributed by atoms with E-state index in [0.29, 0.717) is 42.5 Å². The fraction of sp³-hybridized carbons (Fsp3) is 0.762. The van der Waals surface area contributed by atoms with Gasteiger partial charge in [0.1, 0.15) is 17.3 Å². The van der Waals surface area contributed by atoms with E-state index in [9.17, 15) is 14.4 Å². The zero-order valence-corrected chi connectivity index (χ0v) is 15.0. The summed E-state index contributed by atoms with van der Waals surface area (Å²) in [6.45, 7) is 7.13. The standard InChI is InChI=1S/C21H25NO3/c1-10-5-20-8-13(24)17-19(2)6-11(23)7-21(17)14(20)4-12(10)16(25)15(20)18(21)22(3)9-19/h12,14-15,17-18H,1,4-9H2,2-3H3. The molecule has 4 heteroatoms. The number of hydrogen-bond acceptors (Lipinski definition) is 4. The second kappa shape index (κ2) is 3.85. The lowest BCUT2D eigenvalue weighted by Gasteiger charge is -2.65. The third-order valence-corrected chi connectivity index (χ3v) is 9.25. The van der Waals surface area contributed by atoms with Crippen LogP contribution in [0.15, 0.2) is 12.2 Å². The summed E-state index contributed by atoms with van der Waals surface area (Å²) in [6.07, 6.45) is 3.25. The summed E-state index contributed by atoms with van der Waals surface area (Å²) < 4.78 is 0. The van der Waals surface area contributed by atoms with Crippen LogP contribution in [0.1, 0.15) is 39.0 Å². The predicted octanol–water partition coefficient (Wildman–Crippen LogP) is 2.03. The molecule has 8 unspecified atom stereocenters. The van der Waals surface area contributed by atoms with Gasteiger partial charge in [0, 0.05) is 55.0 Å². The Morgan fingerprint density at radius 1 is 1.12 bits per heavy atom. The Bertz CT molecular complexity index is 801. The van der Waals surface area contributed by atoms with Crippen LogP contribution < -0.4 is 0 Å². The summed E-state index contributed by atoms with van der Waals surface area (Å²) in [7, 11) is 2.13. The van der Waals surface area contributed by atoms with Gasteiger partial charge >= 0.3 is 0 Å². The number of hydrogen-bond donors (Lipinski definition) is 0. The van der Waals surface area contributed by atoms with Crippen molar-refractivity contribution in [1.82, 2.24) is 4.90 Å². The fourth-order valence-corrected chi connectivity index (χ4v) is 9.39. The lowest BCUT2D eigenvalue weighted by Crippen LogP contribution is -2.69. The van der Waals surface area contributed by atoms with Crippen molar-refractivity contribution in [2.45, 2.75) is 45.1 Å². The second-order valence-electron chi connectivity index (χ2n) is 10.4. The SMILES string of the molecule is C=C1CC23CC(=O)C4C5(C)CC(=O)CC46C(C2C(=O)C1CC36)N(C)C5. The molecule has 0 radical (unpaired) electrons. The van der Waals surface area contributed by atoms with Gasteiger partial charge in [-0.3, -0.25) is 14.4 Å². The van der Waals surface area contributed by atoms with Crippen LogP contribution >= 0.6 is 0 Å². The lowest BCUT2D eigenvalue weighted by atomic mass is 9.39. The molecule has 7 rings (SSSR count). The molecule has 1 aliphatic heterocycles. The molecule has 7 aliphatic rings. The van der Waals surface area contributed by atoms with Crippen molar-refractivity contribution in [3.63, 3.8) is 0 Å². The Morgan fingerprint density at radius 3 is 2.64 bits per heavy atom. The highest BCUT2D eigenvalue weighted by molar-refractivity contribution is 5.98. The minimum Gasteiger partial charge on any atom is -0.301 e. The molecule has 25 heavy (non-hydrogen) atoms. The summed E-state index contributed by atoms with van der Waals surface area (Å²) in [6, 6.07) is 0.0804. The van der Waals surface area contributed by atoms with Gasteiger partial charge in [0.2, 0.25) is 0 Å². The van der Waals surface area contributed by atoms with Crippen molar-refractivity contribution in [1.29, 1.82) is 0 Å². The van der Waals surface area contributed by atoms with Crippen molar-refractivity contribution < 1.29 is 14.4 Å². The summed E-state index contributed by atoms with van der Waals surface area (Å²) in [5.41, 5.74) is 0.266. The van der Waals surface area contributed by atoms with Crippen LogP contribution in [0, 0.1) is 39.9 Å². The maximum atomic E-state index is 13.4. The molecule has 0 amide bonds. The van der Waals surface area contributed by atoms with E-state index in [-0.39, 0.29) is 40.0 Å². The number of nitrogens with zero attached hydrogens (tertiary/aromatic N) is 1. The minimum absolute atomic E-state index is 0.0256. The summed E-state index contributed by atoms with van der Waals surface area (Å²) in [4.78, 5) is 42.0. The second-order valence-corrected chi connectivity index (χ2v) is 10.4. The molecule has 0 aromatic heterocycles. The van der Waals surface area contributed by atoms with Crippen LogP contribution in [0.4, 0.5) is 0 Å². The van der Waals surface area contributed by atoms with Gasteiger partial charge in [-0.05, 0) is 36.6 Å². The van der Waals surface area contributed by atoms with E-state index < -0.39 is 0 Å². The van der Waals surface area contributed by atoms with Gasteiger partial charge in [0.25, 0.3) is 0 Å². The van der Waals surface area contributed by atoms with Gasteiger partial charge in [-0.2, -0.15) is 0 Å². The molecule has 0 aromatic carbocycles. The number of carbonyl (C=O) groups excluding carboxylic acids is 3. The predicted molar refractivity (Wildman–Crippen MR) is 90.6 cm³/mol. The minimum atomic E-state index is -0.289. The van der Waals surface area contributed by atoms with Gasteiger partial charge in [-0.25, -0.2) is 0 Å². The molecule has 1 heterocycles. The highest BCUT2D eigenvalue weighted by Gasteiger charge is 2.83. The van der Waals surface area contributed by atoms with Crippen LogP contribution in [-0.4, -0.2) is 41.9 Å². The quantitative estimate of drug-likeness (QED) is 0.634. The van der Waals surface area contributed by atoms with Gasteiger partial charge in [0.15, 0.2) is 0 Å². The number of likely N-dealkylation sites (tertiary alicyclic amines) is 1. The van der Waals surface area contributed by atoms with Gasteiger partial charge in [0.05, 0.1) is 0 Å². The van der Waals surface area contributed by atoms with Gasteiger partial charge < -0.3 is 4.90 Å². The number of piperidine rings is 1. The van der Waals surface area contributed by atoms with Gasteiger partial charge in [-0.15, -0.1) is 0 Å². The largest absolute Gasteiger partial charge is 0.301 e. The maximum absolute atomic E-state index is 13.4. The van der Waals surface area contributed by atoms with E-state index in [1.807, 2.05) is 0 Å². The molecule has 132 valence electrons. The number of ketones is 3. The van der Waals surface area contributed by atoms with E-state index in [0.717, 1.165) is 25.0 Å². The van der Waals surface area contributed by atoms with E-state index in [4.69, 9.17) is 0 Å². The van der Waals surface area contributed by atoms with E-state index in [1.165, 1.54) is 0 Å². The lowest BCUT2D eigenvalue weighted by molar-refractivity contribution is -0.186. The van der Waals surface area contributed by atoms with Crippen LogP contribution in [0.25, 0.3) is 0 Å². The number of Topliss-reactive ketones (excluding diaryl/α,β-unsaturated/α-hetero) is 3. The first-order valence-corrected chi connectivity index (χ1v) is 9.71. The summed E-state index contributed by atoms with van der Waals surface area (Å²) >= 11 is 0. The van der Waals surface area contributed by atoms with Crippen molar-refractivity contribution in [3.8, 4) is 0 Å². The molecule has 7 fully saturated rings. The molecule has 0 aromatic rings. The Kier molecular flexibility index (Phi) is 2.29. The fourth-order valence-electron chi connectivity index (χ4n) is 9.39. The van der Waals surface area contributed by atoms with Crippen LogP contribution in [-0.2, 0) is 14.4 Å². The normalized spacial score (nSPS) is 58.9. The number of allylic oxidation sites excluding steroid dienone is 1. The Labute approximate surface area is 148 Å². The molecule has 4 nitrogen and oxygen atoms in total. The van der Waals surface area contributed by atoms with E-state index >= 15 is 0 Å². The van der Waals surface area contributed by atoms with E-state index in [1.54, 1.807) is 0 Å². The molecule has 1 saturated heterocycles. The highest BCUT2D eigenvalue weighted by Crippen LogP contribution is 2.80. The van der Waals surface area contributed by atoms with Crippen molar-refractivity contribution >= 4 is 17.3 Å². The summed E-state index contributed by atoms with van der Waals surface area (Å²) in [5.74, 6) is 1.22. The van der Waals surface area contributed by atoms with Crippen LogP contribution in [0.5, 0.6) is 0 Å². The molecule has 2 spiro atoms. The number of fused-ring (bicyclic) bond motifs is 1. The number of carbonyl (C=O) groups is 3. The molecule has 8 atom stereocenters. The molecule has 0 N–H and O–H groups in total. The zero-order valence-electron chi connectivity index (χ0n) is 15.0. The molecule has 6 bridgehead atoms. The maximum Gasteiger partial charge on any atom is 0.145 e. The highest BCUT2D eigenvalue weighted by atomic mass is 16.1. The smallest absolute Gasteiger partial charge is 0.145 e. The average Bonchev–Trinajstić information content (AvgIpc) is 2.57. The van der Waals surface area contributed by atoms with Crippen LogP contribution in [0.3, 0.4) is 0 Å². The Hall–Kier alpha value is -1.29. The monoisotopic (exact) mass is 339 g/mol. The average molecular weight is 339 g/mol. The Balaban J connectivity index is 1.68. The first-order chi connectivity index (χ1) is 11.7. The molecular formula is C21H25NO3. The third kappa shape index (κ3) is 1.27. The van der Waals surface area contributed by atoms with Gasteiger partial charge in [-0.1, -0.05) is 19.1 Å². The first kappa shape index (κ1) is 14.8. The van der Waals surface area contributed by atoms with E-state index in [2.05, 4.69) is 25.5 Å². The Morgan fingerprint density at radius 2 is 1.88 bits per heavy atom. The molecule has 6 saturated carbocycles. The number of rotatable bonds is 0.